The number of para-hydroxylation sites is 4. The van der Waals surface area contributed by atoms with Crippen LogP contribution in [0.4, 0.5) is 0 Å². The number of hydrogen-bond donors (Lipinski definition) is 0. The van der Waals surface area contributed by atoms with Gasteiger partial charge in [0.05, 0.1) is 44.2 Å². The number of benzene rings is 8. The molecule has 4 heteroatoms. The molecule has 0 fully saturated rings. The summed E-state index contributed by atoms with van der Waals surface area (Å²) in [7, 11) is 0. The third-order valence-corrected chi connectivity index (χ3v) is 10.9. The van der Waals surface area contributed by atoms with Crippen LogP contribution in [0.5, 0.6) is 0 Å². The molecule has 0 radical (unpaired) electrons. The van der Waals surface area contributed by atoms with Crippen LogP contribution in [0.25, 0.3) is 110 Å². The average molecular weight is 665 g/mol. The largest absolute Gasteiger partial charge is 0.456 e. The Morgan fingerprint density at radius 2 is 0.673 bits per heavy atom. The van der Waals surface area contributed by atoms with Crippen molar-refractivity contribution in [3.05, 3.63) is 170 Å². The van der Waals surface area contributed by atoms with E-state index in [4.69, 9.17) is 8.83 Å². The highest BCUT2D eigenvalue weighted by Gasteiger charge is 2.20. The van der Waals surface area contributed by atoms with Gasteiger partial charge in [-0.1, -0.05) is 97.1 Å². The molecule has 0 saturated heterocycles. The van der Waals surface area contributed by atoms with E-state index in [0.717, 1.165) is 55.3 Å². The molecule has 52 heavy (non-hydrogen) atoms. The van der Waals surface area contributed by atoms with Crippen LogP contribution >= 0.6 is 0 Å². The maximum Gasteiger partial charge on any atom is 0.137 e. The van der Waals surface area contributed by atoms with Gasteiger partial charge in [0.1, 0.15) is 22.3 Å². The van der Waals surface area contributed by atoms with Crippen molar-refractivity contribution >= 4 is 87.5 Å². The van der Waals surface area contributed by atoms with Crippen LogP contribution in [0.3, 0.4) is 0 Å². The summed E-state index contributed by atoms with van der Waals surface area (Å²) in [5, 5.41) is 9.40. The van der Waals surface area contributed by atoms with Crippen molar-refractivity contribution in [2.45, 2.75) is 0 Å². The van der Waals surface area contributed by atoms with Gasteiger partial charge in [-0.3, -0.25) is 0 Å². The van der Waals surface area contributed by atoms with Gasteiger partial charge in [0.15, 0.2) is 0 Å². The third-order valence-electron chi connectivity index (χ3n) is 10.9. The fourth-order valence-corrected chi connectivity index (χ4v) is 8.71. The molecule has 0 N–H and O–H groups in total. The Hall–Kier alpha value is -7.04. The quantitative estimate of drug-likeness (QED) is 0.188. The Morgan fingerprint density at radius 3 is 1.15 bits per heavy atom. The lowest BCUT2D eigenvalue weighted by atomic mass is 10.0. The fourth-order valence-electron chi connectivity index (χ4n) is 8.71. The number of furan rings is 2. The topological polar surface area (TPSA) is 36.1 Å². The molecule has 0 spiro atoms. The Kier molecular flexibility index (Phi) is 5.47. The first-order valence-corrected chi connectivity index (χ1v) is 17.7. The molecule has 0 bridgehead atoms. The molecule has 0 unspecified atom stereocenters. The number of hydrogen-bond acceptors (Lipinski definition) is 2. The summed E-state index contributed by atoms with van der Waals surface area (Å²) in [4.78, 5) is 0. The van der Waals surface area contributed by atoms with Gasteiger partial charge in [-0.2, -0.15) is 0 Å². The second kappa shape index (κ2) is 10.3. The zero-order valence-corrected chi connectivity index (χ0v) is 27.9. The number of aromatic nitrogens is 2. The van der Waals surface area contributed by atoms with Gasteiger partial charge >= 0.3 is 0 Å². The predicted molar refractivity (Wildman–Crippen MR) is 215 cm³/mol. The van der Waals surface area contributed by atoms with Gasteiger partial charge in [-0.25, -0.2) is 0 Å². The van der Waals surface area contributed by atoms with Crippen LogP contribution in [0.2, 0.25) is 0 Å². The Bertz CT molecular complexity index is 3190. The van der Waals surface area contributed by atoms with E-state index in [1.807, 2.05) is 24.3 Å². The van der Waals surface area contributed by atoms with E-state index in [9.17, 15) is 0 Å². The second-order valence-corrected chi connectivity index (χ2v) is 13.7. The Morgan fingerprint density at radius 1 is 0.288 bits per heavy atom. The van der Waals surface area contributed by atoms with Gasteiger partial charge < -0.3 is 18.0 Å². The van der Waals surface area contributed by atoms with Crippen molar-refractivity contribution in [3.63, 3.8) is 0 Å². The minimum Gasteiger partial charge on any atom is -0.456 e. The zero-order chi connectivity index (χ0) is 33.9. The molecular weight excluding hydrogens is 637 g/mol. The molecule has 242 valence electrons. The monoisotopic (exact) mass is 664 g/mol. The molecular formula is C48H28N2O2. The van der Waals surface area contributed by atoms with Crippen molar-refractivity contribution in [2.75, 3.05) is 0 Å². The predicted octanol–water partition coefficient (Wildman–Crippen LogP) is 13.3. The lowest BCUT2D eigenvalue weighted by Crippen LogP contribution is -1.95. The maximum absolute atomic E-state index is 6.30. The molecule has 0 aliphatic carbocycles. The van der Waals surface area contributed by atoms with E-state index in [-0.39, 0.29) is 0 Å². The Labute approximate surface area is 296 Å². The summed E-state index contributed by atoms with van der Waals surface area (Å²) in [6, 6.07) is 60.6. The van der Waals surface area contributed by atoms with Gasteiger partial charge in [-0.05, 0) is 83.9 Å². The van der Waals surface area contributed by atoms with Crippen molar-refractivity contribution in [3.8, 4) is 22.5 Å². The fraction of sp³-hybridized carbons (Fsp3) is 0. The third kappa shape index (κ3) is 3.70. The highest BCUT2D eigenvalue weighted by Crippen LogP contribution is 2.42. The number of fused-ring (bicyclic) bond motifs is 12. The molecule has 12 rings (SSSR count). The van der Waals surface area contributed by atoms with Crippen LogP contribution in [-0.2, 0) is 0 Å². The summed E-state index contributed by atoms with van der Waals surface area (Å²) in [6.07, 6.45) is 0. The van der Waals surface area contributed by atoms with Gasteiger partial charge in [0, 0.05) is 32.3 Å². The summed E-state index contributed by atoms with van der Waals surface area (Å²) in [5.41, 5.74) is 12.9. The van der Waals surface area contributed by atoms with Crippen molar-refractivity contribution in [2.24, 2.45) is 0 Å². The molecule has 4 aromatic heterocycles. The first-order chi connectivity index (χ1) is 25.8. The average Bonchev–Trinajstić information content (AvgIpc) is 3.95. The summed E-state index contributed by atoms with van der Waals surface area (Å²) < 4.78 is 17.4. The summed E-state index contributed by atoms with van der Waals surface area (Å²) >= 11 is 0. The van der Waals surface area contributed by atoms with E-state index in [1.165, 1.54) is 54.7 Å². The van der Waals surface area contributed by atoms with E-state index in [0.29, 0.717) is 0 Å². The van der Waals surface area contributed by atoms with Crippen LogP contribution in [0.1, 0.15) is 0 Å². The Balaban J connectivity index is 1.08. The van der Waals surface area contributed by atoms with Crippen molar-refractivity contribution in [1.29, 1.82) is 0 Å². The minimum atomic E-state index is 0.894. The van der Waals surface area contributed by atoms with Crippen LogP contribution < -0.4 is 0 Å². The molecule has 0 amide bonds. The van der Waals surface area contributed by atoms with E-state index in [2.05, 4.69) is 155 Å². The molecule has 0 atom stereocenters. The zero-order valence-electron chi connectivity index (χ0n) is 27.9. The number of rotatable bonds is 3. The molecule has 12 aromatic rings. The first-order valence-electron chi connectivity index (χ1n) is 17.7. The van der Waals surface area contributed by atoms with Crippen molar-refractivity contribution in [1.82, 2.24) is 9.13 Å². The molecule has 4 nitrogen and oxygen atoms in total. The molecule has 0 aliphatic heterocycles. The second-order valence-electron chi connectivity index (χ2n) is 13.7. The van der Waals surface area contributed by atoms with Gasteiger partial charge in [0.2, 0.25) is 0 Å². The lowest BCUT2D eigenvalue weighted by Gasteiger charge is -2.11. The molecule has 0 aliphatic rings. The van der Waals surface area contributed by atoms with E-state index >= 15 is 0 Å². The lowest BCUT2D eigenvalue weighted by molar-refractivity contribution is 0.668. The highest BCUT2D eigenvalue weighted by atomic mass is 16.3. The molecule has 4 heterocycles. The molecule has 8 aromatic carbocycles. The van der Waals surface area contributed by atoms with E-state index < -0.39 is 0 Å². The van der Waals surface area contributed by atoms with Crippen molar-refractivity contribution < 1.29 is 8.83 Å². The maximum atomic E-state index is 6.30. The smallest absolute Gasteiger partial charge is 0.137 e. The summed E-state index contributed by atoms with van der Waals surface area (Å²) in [6.45, 7) is 0. The summed E-state index contributed by atoms with van der Waals surface area (Å²) in [5.74, 6) is 0. The SMILES string of the molecule is c1ccc2c(c1)oc1cccc(-n3c4ccccc4c4cc(-c5ccc6c(c5)c5ccccc5n6-c5cccc6oc7ccccc7c56)ccc43)c12. The minimum absolute atomic E-state index is 0.894. The van der Waals surface area contributed by atoms with E-state index in [1.54, 1.807) is 0 Å². The number of nitrogens with zero attached hydrogens (tertiary/aromatic N) is 2. The molecule has 0 saturated carbocycles. The van der Waals surface area contributed by atoms with Crippen LogP contribution in [0.15, 0.2) is 179 Å². The highest BCUT2D eigenvalue weighted by molar-refractivity contribution is 6.17. The van der Waals surface area contributed by atoms with Crippen LogP contribution in [0, 0.1) is 0 Å². The van der Waals surface area contributed by atoms with Gasteiger partial charge in [0.25, 0.3) is 0 Å². The van der Waals surface area contributed by atoms with Crippen LogP contribution in [-0.4, -0.2) is 9.13 Å². The normalized spacial score (nSPS) is 12.2. The van der Waals surface area contributed by atoms with Gasteiger partial charge in [-0.15, -0.1) is 0 Å². The first kappa shape index (κ1) is 27.7. The standard InChI is InChI=1S/C48H28N2O2/c1-5-15-37-31(11-1)35-27-29(23-25-39(35)49(37)41-17-9-21-45-47(41)33-13-3-7-19-43(33)51-45)30-24-26-40-36(28-30)32-12-2-6-16-38(32)50(40)42-18-10-22-46-48(42)34-14-4-8-20-44(34)52-46/h1-28H.